The van der Waals surface area contributed by atoms with Crippen molar-refractivity contribution in [3.63, 3.8) is 0 Å². The van der Waals surface area contributed by atoms with Crippen LogP contribution in [0.25, 0.3) is 0 Å². The fourth-order valence-corrected chi connectivity index (χ4v) is 2.50. The summed E-state index contributed by atoms with van der Waals surface area (Å²) in [5.41, 5.74) is 1.32. The molecule has 6 nitrogen and oxygen atoms in total. The van der Waals surface area contributed by atoms with Gasteiger partial charge in [-0.25, -0.2) is 0 Å². The molecule has 22 heavy (non-hydrogen) atoms. The van der Waals surface area contributed by atoms with Crippen molar-refractivity contribution in [1.82, 2.24) is 20.1 Å². The lowest BCUT2D eigenvalue weighted by Gasteiger charge is -2.32. The lowest BCUT2D eigenvalue weighted by Crippen LogP contribution is -2.45. The molecule has 0 atom stereocenters. The molecule has 1 saturated heterocycles. The second kappa shape index (κ2) is 7.17. The van der Waals surface area contributed by atoms with E-state index in [1.54, 1.807) is 6.20 Å². The molecule has 2 aromatic rings. The zero-order valence-corrected chi connectivity index (χ0v) is 12.9. The zero-order valence-electron chi connectivity index (χ0n) is 12.9. The summed E-state index contributed by atoms with van der Waals surface area (Å²) in [4.78, 5) is 9.08. The summed E-state index contributed by atoms with van der Waals surface area (Å²) in [5, 5.41) is 11.6. The van der Waals surface area contributed by atoms with Crippen molar-refractivity contribution < 1.29 is 0 Å². The molecule has 1 aliphatic rings. The molecule has 2 heterocycles. The van der Waals surface area contributed by atoms with Crippen LogP contribution < -0.4 is 10.2 Å². The van der Waals surface area contributed by atoms with Crippen molar-refractivity contribution in [3.05, 3.63) is 42.1 Å². The summed E-state index contributed by atoms with van der Waals surface area (Å²) in [6, 6.07) is 10.4. The van der Waals surface area contributed by atoms with Gasteiger partial charge in [0.05, 0.1) is 6.20 Å². The molecule has 0 aliphatic carbocycles. The number of hydrogen-bond donors (Lipinski definition) is 1. The van der Waals surface area contributed by atoms with Gasteiger partial charge in [-0.2, -0.15) is 10.1 Å². The number of hydrogen-bond acceptors (Lipinski definition) is 6. The third-order valence-electron chi connectivity index (χ3n) is 3.90. The quantitative estimate of drug-likeness (QED) is 0.897. The average molecular weight is 298 g/mol. The van der Waals surface area contributed by atoms with Crippen molar-refractivity contribution in [3.8, 4) is 0 Å². The highest BCUT2D eigenvalue weighted by atomic mass is 15.4. The molecule has 6 heteroatoms. The van der Waals surface area contributed by atoms with Gasteiger partial charge in [-0.15, -0.1) is 5.10 Å². The van der Waals surface area contributed by atoms with Crippen molar-refractivity contribution in [2.75, 3.05) is 50.0 Å². The summed E-state index contributed by atoms with van der Waals surface area (Å²) in [6.45, 7) is 4.81. The molecule has 0 bridgehead atoms. The number of likely N-dealkylation sites (N-methyl/N-ethyl adjacent to an activating group) is 1. The Kier molecular flexibility index (Phi) is 4.80. The topological polar surface area (TPSA) is 57.2 Å². The maximum atomic E-state index is 4.58. The van der Waals surface area contributed by atoms with Gasteiger partial charge in [0.1, 0.15) is 0 Å². The summed E-state index contributed by atoms with van der Waals surface area (Å²) in [7, 11) is 2.14. The first-order chi connectivity index (χ1) is 10.8. The molecule has 0 radical (unpaired) electrons. The highest BCUT2D eigenvalue weighted by Gasteiger charge is 2.16. The summed E-state index contributed by atoms with van der Waals surface area (Å²) in [6.07, 6.45) is 2.65. The van der Waals surface area contributed by atoms with Gasteiger partial charge in [0.2, 0.25) is 5.95 Å². The zero-order chi connectivity index (χ0) is 15.2. The smallest absolute Gasteiger partial charge is 0.247 e. The Morgan fingerprint density at radius 2 is 1.86 bits per heavy atom. The normalized spacial score (nSPS) is 15.8. The van der Waals surface area contributed by atoms with Crippen LogP contribution in [0.4, 0.5) is 11.8 Å². The molecule has 1 aliphatic heterocycles. The summed E-state index contributed by atoms with van der Waals surface area (Å²) < 4.78 is 0. The van der Waals surface area contributed by atoms with E-state index in [4.69, 9.17) is 0 Å². The van der Waals surface area contributed by atoms with Crippen molar-refractivity contribution in [1.29, 1.82) is 0 Å². The van der Waals surface area contributed by atoms with Crippen LogP contribution in [0.2, 0.25) is 0 Å². The number of nitrogens with zero attached hydrogens (tertiary/aromatic N) is 5. The van der Waals surface area contributed by atoms with Gasteiger partial charge in [-0.05, 0) is 19.0 Å². The molecule has 0 unspecified atom stereocenters. The maximum absolute atomic E-state index is 4.58. The first kappa shape index (κ1) is 14.7. The van der Waals surface area contributed by atoms with Gasteiger partial charge in [-0.1, -0.05) is 30.3 Å². The van der Waals surface area contributed by atoms with E-state index in [0.29, 0.717) is 0 Å². The second-order valence-corrected chi connectivity index (χ2v) is 5.59. The molecule has 1 N–H and O–H groups in total. The molecule has 0 saturated carbocycles. The second-order valence-electron chi connectivity index (χ2n) is 5.59. The Bertz CT molecular complexity index is 580. The van der Waals surface area contributed by atoms with Gasteiger partial charge < -0.3 is 15.1 Å². The van der Waals surface area contributed by atoms with E-state index in [1.807, 2.05) is 6.07 Å². The predicted octanol–water partition coefficient (Wildman–Crippen LogP) is 1.28. The summed E-state index contributed by atoms with van der Waals surface area (Å²) in [5.74, 6) is 1.51. The number of nitrogens with one attached hydrogen (secondary N) is 1. The maximum Gasteiger partial charge on any atom is 0.247 e. The molecule has 1 aromatic heterocycles. The largest absolute Gasteiger partial charge is 0.368 e. The molecular weight excluding hydrogens is 276 g/mol. The van der Waals surface area contributed by atoms with Crippen molar-refractivity contribution in [2.24, 2.45) is 0 Å². The van der Waals surface area contributed by atoms with Gasteiger partial charge in [0.25, 0.3) is 0 Å². The standard InChI is InChI=1S/C16H22N6/c1-21-9-11-22(12-10-21)16-19-15(13-18-20-16)17-8-7-14-5-3-2-4-6-14/h2-6,13H,7-12H2,1H3,(H,17,19,20). The molecule has 0 amide bonds. The fraction of sp³-hybridized carbons (Fsp3) is 0.438. The Balaban J connectivity index is 1.55. The van der Waals surface area contributed by atoms with Gasteiger partial charge in [-0.3, -0.25) is 0 Å². The molecule has 1 aromatic carbocycles. The van der Waals surface area contributed by atoms with E-state index < -0.39 is 0 Å². The number of rotatable bonds is 5. The molecule has 116 valence electrons. The fourth-order valence-electron chi connectivity index (χ4n) is 2.50. The van der Waals surface area contributed by atoms with Crippen LogP contribution in [-0.4, -0.2) is 59.9 Å². The van der Waals surface area contributed by atoms with E-state index in [0.717, 1.165) is 50.9 Å². The average Bonchev–Trinajstić information content (AvgIpc) is 2.57. The molecule has 0 spiro atoms. The third kappa shape index (κ3) is 3.92. The first-order valence-corrected chi connectivity index (χ1v) is 7.72. The highest BCUT2D eigenvalue weighted by Crippen LogP contribution is 2.11. The molecular formula is C16H22N6. The minimum Gasteiger partial charge on any atom is -0.368 e. The van der Waals surface area contributed by atoms with Crippen molar-refractivity contribution >= 4 is 11.8 Å². The molecule has 1 fully saturated rings. The Labute approximate surface area is 131 Å². The Hall–Kier alpha value is -2.21. The van der Waals surface area contributed by atoms with Crippen LogP contribution in [0, 0.1) is 0 Å². The third-order valence-corrected chi connectivity index (χ3v) is 3.90. The number of piperazine rings is 1. The minimum atomic E-state index is 0.720. The Morgan fingerprint density at radius 1 is 1.09 bits per heavy atom. The van der Waals surface area contributed by atoms with Crippen molar-refractivity contribution in [2.45, 2.75) is 6.42 Å². The van der Waals surface area contributed by atoms with Crippen LogP contribution in [0.3, 0.4) is 0 Å². The Morgan fingerprint density at radius 3 is 2.64 bits per heavy atom. The van der Waals surface area contributed by atoms with Crippen LogP contribution in [0.5, 0.6) is 0 Å². The number of aromatic nitrogens is 3. The highest BCUT2D eigenvalue weighted by molar-refractivity contribution is 5.39. The summed E-state index contributed by atoms with van der Waals surface area (Å²) >= 11 is 0. The van der Waals surface area contributed by atoms with Crippen LogP contribution in [0.15, 0.2) is 36.5 Å². The predicted molar refractivity (Wildman–Crippen MR) is 88.2 cm³/mol. The van der Waals surface area contributed by atoms with Gasteiger partial charge in [0, 0.05) is 32.7 Å². The lowest BCUT2D eigenvalue weighted by atomic mass is 10.1. The first-order valence-electron chi connectivity index (χ1n) is 7.72. The SMILES string of the molecule is CN1CCN(c2nncc(NCCc3ccccc3)n2)CC1. The van der Waals surface area contributed by atoms with E-state index >= 15 is 0 Å². The van der Waals surface area contributed by atoms with E-state index in [9.17, 15) is 0 Å². The lowest BCUT2D eigenvalue weighted by molar-refractivity contribution is 0.311. The number of benzene rings is 1. The van der Waals surface area contributed by atoms with Crippen LogP contribution in [-0.2, 0) is 6.42 Å². The van der Waals surface area contributed by atoms with Gasteiger partial charge >= 0.3 is 0 Å². The molecule has 3 rings (SSSR count). The van der Waals surface area contributed by atoms with Gasteiger partial charge in [0.15, 0.2) is 5.82 Å². The van der Waals surface area contributed by atoms with Crippen LogP contribution in [0.1, 0.15) is 5.56 Å². The minimum absolute atomic E-state index is 0.720. The monoisotopic (exact) mass is 298 g/mol. The number of anilines is 2. The van der Waals surface area contributed by atoms with E-state index in [2.05, 4.69) is 61.6 Å². The van der Waals surface area contributed by atoms with E-state index in [1.165, 1.54) is 5.56 Å². The van der Waals surface area contributed by atoms with Crippen LogP contribution >= 0.6 is 0 Å². The van der Waals surface area contributed by atoms with E-state index in [-0.39, 0.29) is 0 Å².